The Bertz CT molecular complexity index is 690. The van der Waals surface area contributed by atoms with Crippen molar-refractivity contribution in [1.29, 1.82) is 0 Å². The summed E-state index contributed by atoms with van der Waals surface area (Å²) in [5.41, 5.74) is 0. The maximum Gasteiger partial charge on any atom is 0.287 e. The lowest BCUT2D eigenvalue weighted by atomic mass is 10.1. The Morgan fingerprint density at radius 2 is 1.85 bits per heavy atom. The van der Waals surface area contributed by atoms with Crippen molar-refractivity contribution in [2.24, 2.45) is 0 Å². The molecular formula is C19H25N3O4. The number of carbonyl (C=O) groups is 2. The van der Waals surface area contributed by atoms with Crippen LogP contribution in [0.1, 0.15) is 48.5 Å². The highest BCUT2D eigenvalue weighted by Crippen LogP contribution is 2.24. The van der Waals surface area contributed by atoms with Gasteiger partial charge in [0.05, 0.1) is 18.6 Å². The van der Waals surface area contributed by atoms with E-state index in [0.717, 1.165) is 31.7 Å². The van der Waals surface area contributed by atoms with Crippen LogP contribution in [0.15, 0.2) is 45.6 Å². The minimum absolute atomic E-state index is 0.00206. The van der Waals surface area contributed by atoms with Gasteiger partial charge in [0.1, 0.15) is 11.8 Å². The average molecular weight is 359 g/mol. The number of nitrogens with zero attached hydrogens (tertiary/aromatic N) is 1. The van der Waals surface area contributed by atoms with E-state index in [1.165, 1.54) is 12.7 Å². The molecule has 2 aromatic rings. The molecule has 1 fully saturated rings. The second kappa shape index (κ2) is 8.71. The fourth-order valence-corrected chi connectivity index (χ4v) is 3.21. The lowest BCUT2D eigenvalue weighted by molar-refractivity contribution is -0.122. The molecule has 2 amide bonds. The minimum atomic E-state index is -0.661. The van der Waals surface area contributed by atoms with Gasteiger partial charge in [-0.2, -0.15) is 0 Å². The summed E-state index contributed by atoms with van der Waals surface area (Å²) in [5, 5.41) is 5.57. The van der Waals surface area contributed by atoms with Crippen LogP contribution in [-0.4, -0.2) is 42.4 Å². The second-order valence-electron chi connectivity index (χ2n) is 6.55. The zero-order valence-electron chi connectivity index (χ0n) is 14.9. The predicted octanol–water partition coefficient (Wildman–Crippen LogP) is 2.33. The first-order valence-corrected chi connectivity index (χ1v) is 9.04. The van der Waals surface area contributed by atoms with Crippen LogP contribution in [0.4, 0.5) is 0 Å². The standard InChI is InChI=1S/C19H25N3O4/c1-14(21-19(24)17-8-6-12-26-17)18(23)20-13-15(16-7-5-11-25-16)22-9-3-2-4-10-22/h5-8,11-12,14-15H,2-4,9-10,13H2,1H3,(H,20,23)(H,21,24). The van der Waals surface area contributed by atoms with E-state index in [9.17, 15) is 9.59 Å². The molecule has 1 aliphatic rings. The smallest absolute Gasteiger partial charge is 0.287 e. The predicted molar refractivity (Wildman–Crippen MR) is 95.5 cm³/mol. The minimum Gasteiger partial charge on any atom is -0.468 e. The number of amides is 2. The van der Waals surface area contributed by atoms with Crippen molar-refractivity contribution in [2.45, 2.75) is 38.3 Å². The summed E-state index contributed by atoms with van der Waals surface area (Å²) in [6.07, 6.45) is 6.62. The Morgan fingerprint density at radius 3 is 2.50 bits per heavy atom. The zero-order chi connectivity index (χ0) is 18.4. The van der Waals surface area contributed by atoms with Crippen LogP contribution in [0.25, 0.3) is 0 Å². The molecule has 3 heterocycles. The van der Waals surface area contributed by atoms with Crippen LogP contribution in [0, 0.1) is 0 Å². The Balaban J connectivity index is 1.55. The molecule has 2 unspecified atom stereocenters. The number of piperidine rings is 1. The highest BCUT2D eigenvalue weighted by atomic mass is 16.3. The van der Waals surface area contributed by atoms with E-state index in [-0.39, 0.29) is 17.7 Å². The van der Waals surface area contributed by atoms with Gasteiger partial charge in [0.15, 0.2) is 5.76 Å². The molecule has 0 spiro atoms. The highest BCUT2D eigenvalue weighted by molar-refractivity contribution is 5.95. The van der Waals surface area contributed by atoms with E-state index >= 15 is 0 Å². The van der Waals surface area contributed by atoms with Crippen molar-refractivity contribution in [2.75, 3.05) is 19.6 Å². The molecule has 140 valence electrons. The SMILES string of the molecule is CC(NC(=O)c1ccco1)C(=O)NCC(c1ccco1)N1CCCCC1. The molecular weight excluding hydrogens is 334 g/mol. The summed E-state index contributed by atoms with van der Waals surface area (Å²) in [4.78, 5) is 26.7. The van der Waals surface area contributed by atoms with Crippen molar-refractivity contribution >= 4 is 11.8 Å². The summed E-state index contributed by atoms with van der Waals surface area (Å²) in [6, 6.07) is 6.33. The number of likely N-dealkylation sites (tertiary alicyclic amines) is 1. The molecule has 1 aliphatic heterocycles. The van der Waals surface area contributed by atoms with Gasteiger partial charge in [-0.15, -0.1) is 0 Å². The molecule has 7 heteroatoms. The molecule has 0 aliphatic carbocycles. The van der Waals surface area contributed by atoms with Crippen LogP contribution in [-0.2, 0) is 4.79 Å². The van der Waals surface area contributed by atoms with Gasteiger partial charge < -0.3 is 19.5 Å². The maximum absolute atomic E-state index is 12.4. The van der Waals surface area contributed by atoms with Crippen molar-refractivity contribution in [3.8, 4) is 0 Å². The van der Waals surface area contributed by atoms with E-state index in [0.29, 0.717) is 6.54 Å². The molecule has 2 aromatic heterocycles. The van der Waals surface area contributed by atoms with Gasteiger partial charge in [-0.1, -0.05) is 6.42 Å². The largest absolute Gasteiger partial charge is 0.468 e. The third kappa shape index (κ3) is 4.54. The van der Waals surface area contributed by atoms with Gasteiger partial charge in [-0.25, -0.2) is 0 Å². The van der Waals surface area contributed by atoms with Gasteiger partial charge in [0.25, 0.3) is 5.91 Å². The van der Waals surface area contributed by atoms with Gasteiger partial charge in [-0.05, 0) is 57.1 Å². The van der Waals surface area contributed by atoms with E-state index in [1.54, 1.807) is 25.3 Å². The topological polar surface area (TPSA) is 87.7 Å². The number of hydrogen-bond acceptors (Lipinski definition) is 5. The van der Waals surface area contributed by atoms with E-state index in [4.69, 9.17) is 8.83 Å². The van der Waals surface area contributed by atoms with Crippen molar-refractivity contribution in [3.05, 3.63) is 48.3 Å². The molecule has 26 heavy (non-hydrogen) atoms. The van der Waals surface area contributed by atoms with Gasteiger partial charge in [0, 0.05) is 6.54 Å². The molecule has 0 aromatic carbocycles. The fraction of sp³-hybridized carbons (Fsp3) is 0.474. The van der Waals surface area contributed by atoms with Crippen LogP contribution in [0.3, 0.4) is 0 Å². The van der Waals surface area contributed by atoms with Crippen LogP contribution < -0.4 is 10.6 Å². The Hall–Kier alpha value is -2.54. The number of furan rings is 2. The Kier molecular flexibility index (Phi) is 6.12. The van der Waals surface area contributed by atoms with Crippen LogP contribution in [0.2, 0.25) is 0 Å². The maximum atomic E-state index is 12.4. The Morgan fingerprint density at radius 1 is 1.12 bits per heavy atom. The summed E-state index contributed by atoms with van der Waals surface area (Å²) >= 11 is 0. The molecule has 0 radical (unpaired) electrons. The number of nitrogens with one attached hydrogen (secondary N) is 2. The van der Waals surface area contributed by atoms with E-state index in [1.807, 2.05) is 12.1 Å². The summed E-state index contributed by atoms with van der Waals surface area (Å²) in [5.74, 6) is 0.389. The molecule has 0 saturated carbocycles. The van der Waals surface area contributed by atoms with Gasteiger partial charge >= 0.3 is 0 Å². The van der Waals surface area contributed by atoms with Gasteiger partial charge in [-0.3, -0.25) is 14.5 Å². The zero-order valence-corrected chi connectivity index (χ0v) is 14.9. The first kappa shape index (κ1) is 18.3. The molecule has 3 rings (SSSR count). The van der Waals surface area contributed by atoms with Gasteiger partial charge in [0.2, 0.25) is 5.91 Å². The molecule has 2 atom stereocenters. The molecule has 2 N–H and O–H groups in total. The summed E-state index contributed by atoms with van der Waals surface area (Å²) < 4.78 is 10.6. The number of rotatable bonds is 7. The van der Waals surface area contributed by atoms with Crippen LogP contribution in [0.5, 0.6) is 0 Å². The molecule has 7 nitrogen and oxygen atoms in total. The van der Waals surface area contributed by atoms with Crippen LogP contribution >= 0.6 is 0 Å². The van der Waals surface area contributed by atoms with E-state index < -0.39 is 11.9 Å². The lowest BCUT2D eigenvalue weighted by Gasteiger charge is -2.33. The molecule has 0 bridgehead atoms. The first-order valence-electron chi connectivity index (χ1n) is 9.04. The van der Waals surface area contributed by atoms with E-state index in [2.05, 4.69) is 15.5 Å². The number of hydrogen-bond donors (Lipinski definition) is 2. The molecule has 1 saturated heterocycles. The summed E-state index contributed by atoms with van der Waals surface area (Å²) in [7, 11) is 0. The summed E-state index contributed by atoms with van der Waals surface area (Å²) in [6.45, 7) is 4.07. The monoisotopic (exact) mass is 359 g/mol. The lowest BCUT2D eigenvalue weighted by Crippen LogP contribution is -2.47. The fourth-order valence-electron chi connectivity index (χ4n) is 3.21. The van der Waals surface area contributed by atoms with Crippen molar-refractivity contribution < 1.29 is 18.4 Å². The average Bonchev–Trinajstić information content (AvgIpc) is 3.36. The Labute approximate surface area is 152 Å². The second-order valence-corrected chi connectivity index (χ2v) is 6.55. The third-order valence-corrected chi connectivity index (χ3v) is 4.66. The van der Waals surface area contributed by atoms with Crippen molar-refractivity contribution in [1.82, 2.24) is 15.5 Å². The normalized spacial score (nSPS) is 17.4. The quantitative estimate of drug-likeness (QED) is 0.792. The number of carbonyl (C=O) groups excluding carboxylic acids is 2. The van der Waals surface area contributed by atoms with Crippen molar-refractivity contribution in [3.63, 3.8) is 0 Å². The third-order valence-electron chi connectivity index (χ3n) is 4.66. The first-order chi connectivity index (χ1) is 12.6. The highest BCUT2D eigenvalue weighted by Gasteiger charge is 2.26.